The molecule has 1 saturated heterocycles. The second-order valence-corrected chi connectivity index (χ2v) is 4.22. The molecule has 1 aliphatic heterocycles. The van der Waals surface area contributed by atoms with Crippen molar-refractivity contribution in [2.24, 2.45) is 0 Å². The van der Waals surface area contributed by atoms with E-state index < -0.39 is 0 Å². The lowest BCUT2D eigenvalue weighted by Gasteiger charge is -2.25. The quantitative estimate of drug-likeness (QED) is 0.743. The number of aromatic nitrogens is 1. The van der Waals surface area contributed by atoms with E-state index in [0.717, 1.165) is 11.6 Å². The summed E-state index contributed by atoms with van der Waals surface area (Å²) < 4.78 is 10.8. The first kappa shape index (κ1) is 9.31. The normalized spacial score (nSPS) is 22.9. The second-order valence-electron chi connectivity index (χ2n) is 4.22. The van der Waals surface area contributed by atoms with Crippen LogP contribution in [-0.2, 0) is 9.47 Å². The van der Waals surface area contributed by atoms with Gasteiger partial charge < -0.3 is 9.47 Å². The molecule has 1 saturated carbocycles. The van der Waals surface area contributed by atoms with Gasteiger partial charge in [0.1, 0.15) is 0 Å². The smallest absolute Gasteiger partial charge is 0.201 e. The van der Waals surface area contributed by atoms with Gasteiger partial charge in [0.25, 0.3) is 0 Å². The molecule has 0 spiro atoms. The standard InChI is InChI=1S/C12H15NO2/c1-2-9(3-1)10-4-5-11(13-8-10)12-14-6-7-15-12/h4-5,8-9,12H,1-3,6-7H2. The van der Waals surface area contributed by atoms with Crippen LogP contribution in [0.15, 0.2) is 18.3 Å². The fourth-order valence-corrected chi connectivity index (χ4v) is 2.07. The van der Waals surface area contributed by atoms with Crippen LogP contribution in [0.2, 0.25) is 0 Å². The van der Waals surface area contributed by atoms with Gasteiger partial charge in [0.05, 0.1) is 18.9 Å². The summed E-state index contributed by atoms with van der Waals surface area (Å²) >= 11 is 0. The molecule has 0 bridgehead atoms. The zero-order valence-corrected chi connectivity index (χ0v) is 8.69. The van der Waals surface area contributed by atoms with Gasteiger partial charge in [-0.15, -0.1) is 0 Å². The van der Waals surface area contributed by atoms with Crippen molar-refractivity contribution >= 4 is 0 Å². The Hall–Kier alpha value is -0.930. The molecule has 0 radical (unpaired) electrons. The highest BCUT2D eigenvalue weighted by Crippen LogP contribution is 2.36. The van der Waals surface area contributed by atoms with Gasteiger partial charge in [-0.2, -0.15) is 0 Å². The summed E-state index contributed by atoms with van der Waals surface area (Å²) in [5, 5.41) is 0. The summed E-state index contributed by atoms with van der Waals surface area (Å²) in [5.74, 6) is 0.747. The predicted molar refractivity (Wildman–Crippen MR) is 55.5 cm³/mol. The Morgan fingerprint density at radius 1 is 1.13 bits per heavy atom. The Kier molecular flexibility index (Phi) is 2.43. The average molecular weight is 205 g/mol. The summed E-state index contributed by atoms with van der Waals surface area (Å²) in [7, 11) is 0. The minimum absolute atomic E-state index is 0.236. The fraction of sp³-hybridized carbons (Fsp3) is 0.583. The maximum Gasteiger partial charge on any atom is 0.201 e. The Bertz CT molecular complexity index is 326. The van der Waals surface area contributed by atoms with E-state index in [4.69, 9.17) is 9.47 Å². The number of ether oxygens (including phenoxy) is 2. The first-order valence-corrected chi connectivity index (χ1v) is 5.62. The lowest BCUT2D eigenvalue weighted by atomic mass is 9.81. The molecule has 0 N–H and O–H groups in total. The van der Waals surface area contributed by atoms with Crippen molar-refractivity contribution in [2.75, 3.05) is 13.2 Å². The third-order valence-corrected chi connectivity index (χ3v) is 3.25. The van der Waals surface area contributed by atoms with E-state index in [9.17, 15) is 0 Å². The van der Waals surface area contributed by atoms with Gasteiger partial charge in [-0.1, -0.05) is 12.5 Å². The van der Waals surface area contributed by atoms with Crippen LogP contribution in [0, 0.1) is 0 Å². The molecule has 2 heterocycles. The summed E-state index contributed by atoms with van der Waals surface area (Å²) in [6, 6.07) is 4.20. The van der Waals surface area contributed by atoms with Crippen molar-refractivity contribution in [2.45, 2.75) is 31.5 Å². The molecule has 3 heteroatoms. The lowest BCUT2D eigenvalue weighted by Crippen LogP contribution is -2.10. The first-order chi connectivity index (χ1) is 7.43. The van der Waals surface area contributed by atoms with E-state index >= 15 is 0 Å². The van der Waals surface area contributed by atoms with Crippen molar-refractivity contribution in [3.05, 3.63) is 29.6 Å². The molecule has 0 atom stereocenters. The molecule has 0 unspecified atom stereocenters. The highest BCUT2D eigenvalue weighted by atomic mass is 16.7. The molecular weight excluding hydrogens is 190 g/mol. The maximum absolute atomic E-state index is 5.39. The van der Waals surface area contributed by atoms with Crippen LogP contribution in [0.1, 0.15) is 42.7 Å². The maximum atomic E-state index is 5.39. The molecule has 1 aromatic heterocycles. The van der Waals surface area contributed by atoms with Gasteiger partial charge >= 0.3 is 0 Å². The Morgan fingerprint density at radius 2 is 1.93 bits per heavy atom. The predicted octanol–water partition coefficient (Wildman–Crippen LogP) is 2.39. The molecule has 3 nitrogen and oxygen atoms in total. The van der Waals surface area contributed by atoms with E-state index in [1.165, 1.54) is 24.8 Å². The summed E-state index contributed by atoms with van der Waals surface area (Å²) in [4.78, 5) is 4.41. The molecular formula is C12H15NO2. The minimum atomic E-state index is -0.236. The largest absolute Gasteiger partial charge is 0.345 e. The molecule has 0 aromatic carbocycles. The third kappa shape index (κ3) is 1.77. The zero-order chi connectivity index (χ0) is 10.1. The van der Waals surface area contributed by atoms with Crippen LogP contribution in [0.4, 0.5) is 0 Å². The molecule has 1 aromatic rings. The van der Waals surface area contributed by atoms with Crippen LogP contribution in [-0.4, -0.2) is 18.2 Å². The van der Waals surface area contributed by atoms with Gasteiger partial charge in [0, 0.05) is 6.20 Å². The van der Waals surface area contributed by atoms with E-state index in [0.29, 0.717) is 13.2 Å². The van der Waals surface area contributed by atoms with Gasteiger partial charge in [0.15, 0.2) is 0 Å². The fourth-order valence-electron chi connectivity index (χ4n) is 2.07. The van der Waals surface area contributed by atoms with Crippen molar-refractivity contribution in [3.8, 4) is 0 Å². The van der Waals surface area contributed by atoms with Gasteiger partial charge in [-0.25, -0.2) is 0 Å². The number of hydrogen-bond donors (Lipinski definition) is 0. The van der Waals surface area contributed by atoms with Gasteiger partial charge in [-0.05, 0) is 30.4 Å². The van der Waals surface area contributed by atoms with Crippen molar-refractivity contribution in [1.82, 2.24) is 4.98 Å². The SMILES string of the molecule is c1cc(C2OCCO2)ncc1C1CCC1. The summed E-state index contributed by atoms with van der Waals surface area (Å²) in [5.41, 5.74) is 2.26. The van der Waals surface area contributed by atoms with E-state index in [1.54, 1.807) is 0 Å². The molecule has 15 heavy (non-hydrogen) atoms. The molecule has 2 aliphatic rings. The highest BCUT2D eigenvalue weighted by molar-refractivity contribution is 5.20. The van der Waals surface area contributed by atoms with Crippen LogP contribution in [0.5, 0.6) is 0 Å². The molecule has 80 valence electrons. The van der Waals surface area contributed by atoms with Crippen molar-refractivity contribution < 1.29 is 9.47 Å². The minimum Gasteiger partial charge on any atom is -0.345 e. The second kappa shape index (κ2) is 3.91. The highest BCUT2D eigenvalue weighted by Gasteiger charge is 2.22. The monoisotopic (exact) mass is 205 g/mol. The summed E-state index contributed by atoms with van der Waals surface area (Å²) in [6.45, 7) is 1.35. The van der Waals surface area contributed by atoms with E-state index in [1.807, 2.05) is 12.3 Å². The Labute approximate surface area is 89.4 Å². The van der Waals surface area contributed by atoms with E-state index in [2.05, 4.69) is 11.1 Å². The number of pyridine rings is 1. The van der Waals surface area contributed by atoms with Crippen LogP contribution in [0.25, 0.3) is 0 Å². The zero-order valence-electron chi connectivity index (χ0n) is 8.69. The average Bonchev–Trinajstić information content (AvgIpc) is 2.69. The number of rotatable bonds is 2. The molecule has 0 amide bonds. The number of nitrogens with zero attached hydrogens (tertiary/aromatic N) is 1. The van der Waals surface area contributed by atoms with Crippen LogP contribution >= 0.6 is 0 Å². The first-order valence-electron chi connectivity index (χ1n) is 5.62. The Balaban J connectivity index is 1.74. The van der Waals surface area contributed by atoms with Gasteiger partial charge in [0.2, 0.25) is 6.29 Å². The lowest BCUT2D eigenvalue weighted by molar-refractivity contribution is -0.0473. The van der Waals surface area contributed by atoms with Crippen LogP contribution in [0.3, 0.4) is 0 Å². The van der Waals surface area contributed by atoms with Gasteiger partial charge in [-0.3, -0.25) is 4.98 Å². The summed E-state index contributed by atoms with van der Waals surface area (Å²) in [6.07, 6.45) is 5.74. The van der Waals surface area contributed by atoms with Crippen molar-refractivity contribution in [1.29, 1.82) is 0 Å². The third-order valence-electron chi connectivity index (χ3n) is 3.25. The number of hydrogen-bond acceptors (Lipinski definition) is 3. The van der Waals surface area contributed by atoms with Crippen LogP contribution < -0.4 is 0 Å². The topological polar surface area (TPSA) is 31.4 Å². The molecule has 1 aliphatic carbocycles. The Morgan fingerprint density at radius 3 is 2.47 bits per heavy atom. The molecule has 3 rings (SSSR count). The molecule has 2 fully saturated rings. The van der Waals surface area contributed by atoms with Crippen molar-refractivity contribution in [3.63, 3.8) is 0 Å². The van der Waals surface area contributed by atoms with E-state index in [-0.39, 0.29) is 6.29 Å².